The molecule has 0 saturated carbocycles. The monoisotopic (exact) mass is 229 g/mol. The molecular formula is C15H16FN. The summed E-state index contributed by atoms with van der Waals surface area (Å²) >= 11 is 0. The van der Waals surface area contributed by atoms with Crippen LogP contribution in [0.5, 0.6) is 0 Å². The summed E-state index contributed by atoms with van der Waals surface area (Å²) in [5.74, 6) is -0.195. The quantitative estimate of drug-likeness (QED) is 0.778. The van der Waals surface area contributed by atoms with E-state index in [4.69, 9.17) is 0 Å². The van der Waals surface area contributed by atoms with Crippen molar-refractivity contribution in [3.05, 3.63) is 59.9 Å². The van der Waals surface area contributed by atoms with Crippen LogP contribution in [0.4, 0.5) is 4.39 Å². The zero-order valence-electron chi connectivity index (χ0n) is 10.2. The van der Waals surface area contributed by atoms with Crippen LogP contribution in [0, 0.1) is 5.82 Å². The average Bonchev–Trinajstić information content (AvgIpc) is 2.29. The van der Waals surface area contributed by atoms with E-state index in [0.29, 0.717) is 0 Å². The third kappa shape index (κ3) is 3.14. The lowest BCUT2D eigenvalue weighted by Gasteiger charge is -2.10. The van der Waals surface area contributed by atoms with Crippen molar-refractivity contribution in [3.8, 4) is 11.1 Å². The third-order valence-corrected chi connectivity index (χ3v) is 2.61. The first-order valence-electron chi connectivity index (χ1n) is 5.65. The maximum Gasteiger partial charge on any atom is 0.123 e. The minimum atomic E-state index is -0.195. The molecule has 0 heterocycles. The lowest BCUT2D eigenvalue weighted by Crippen LogP contribution is -2.10. The summed E-state index contributed by atoms with van der Waals surface area (Å²) in [6, 6.07) is 14.9. The van der Waals surface area contributed by atoms with Gasteiger partial charge in [-0.2, -0.15) is 0 Å². The molecule has 0 spiro atoms. The lowest BCUT2D eigenvalue weighted by atomic mass is 10.0. The van der Waals surface area contributed by atoms with Crippen molar-refractivity contribution in [1.29, 1.82) is 0 Å². The highest BCUT2D eigenvalue weighted by atomic mass is 19.1. The Bertz CT molecular complexity index is 489. The average molecular weight is 229 g/mol. The Morgan fingerprint density at radius 1 is 0.941 bits per heavy atom. The molecule has 88 valence electrons. The number of nitrogens with zero attached hydrogens (tertiary/aromatic N) is 1. The van der Waals surface area contributed by atoms with E-state index in [-0.39, 0.29) is 5.82 Å². The Balaban J connectivity index is 2.23. The molecule has 2 aromatic carbocycles. The van der Waals surface area contributed by atoms with Gasteiger partial charge in [0.05, 0.1) is 0 Å². The number of hydrogen-bond acceptors (Lipinski definition) is 1. The molecule has 0 saturated heterocycles. The van der Waals surface area contributed by atoms with Crippen molar-refractivity contribution in [2.24, 2.45) is 0 Å². The predicted octanol–water partition coefficient (Wildman–Crippen LogP) is 3.55. The minimum absolute atomic E-state index is 0.195. The molecule has 0 amide bonds. The first-order valence-corrected chi connectivity index (χ1v) is 5.65. The molecule has 0 unspecified atom stereocenters. The van der Waals surface area contributed by atoms with Gasteiger partial charge < -0.3 is 4.90 Å². The van der Waals surface area contributed by atoms with Gasteiger partial charge >= 0.3 is 0 Å². The van der Waals surface area contributed by atoms with E-state index >= 15 is 0 Å². The highest BCUT2D eigenvalue weighted by Gasteiger charge is 2.00. The summed E-state index contributed by atoms with van der Waals surface area (Å²) in [5, 5.41) is 0. The van der Waals surface area contributed by atoms with Gasteiger partial charge in [0.25, 0.3) is 0 Å². The van der Waals surface area contributed by atoms with Gasteiger partial charge in [-0.25, -0.2) is 4.39 Å². The second-order valence-electron chi connectivity index (χ2n) is 4.45. The Kier molecular flexibility index (Phi) is 3.55. The highest BCUT2D eigenvalue weighted by Crippen LogP contribution is 2.20. The molecule has 2 heteroatoms. The van der Waals surface area contributed by atoms with Gasteiger partial charge in [-0.3, -0.25) is 0 Å². The molecule has 2 rings (SSSR count). The Morgan fingerprint density at radius 3 is 2.24 bits per heavy atom. The normalized spacial score (nSPS) is 10.8. The van der Waals surface area contributed by atoms with Crippen LogP contribution in [-0.4, -0.2) is 19.0 Å². The van der Waals surface area contributed by atoms with Gasteiger partial charge in [0, 0.05) is 6.54 Å². The summed E-state index contributed by atoms with van der Waals surface area (Å²) in [7, 11) is 4.08. The van der Waals surface area contributed by atoms with Crippen LogP contribution in [0.1, 0.15) is 5.56 Å². The van der Waals surface area contributed by atoms with Gasteiger partial charge in [-0.1, -0.05) is 36.4 Å². The minimum Gasteiger partial charge on any atom is -0.305 e. The third-order valence-electron chi connectivity index (χ3n) is 2.61. The van der Waals surface area contributed by atoms with E-state index in [0.717, 1.165) is 17.7 Å². The van der Waals surface area contributed by atoms with E-state index in [1.807, 2.05) is 32.3 Å². The zero-order chi connectivity index (χ0) is 12.3. The maximum atomic E-state index is 13.1. The molecule has 0 aliphatic carbocycles. The predicted molar refractivity (Wildman–Crippen MR) is 69.2 cm³/mol. The molecule has 0 atom stereocenters. The van der Waals surface area contributed by atoms with Crippen LogP contribution < -0.4 is 0 Å². The summed E-state index contributed by atoms with van der Waals surface area (Å²) in [4.78, 5) is 2.12. The van der Waals surface area contributed by atoms with Crippen molar-refractivity contribution < 1.29 is 4.39 Å². The fraction of sp³-hybridized carbons (Fsp3) is 0.200. The Morgan fingerprint density at radius 2 is 1.65 bits per heavy atom. The summed E-state index contributed by atoms with van der Waals surface area (Å²) < 4.78 is 13.1. The topological polar surface area (TPSA) is 3.24 Å². The molecule has 17 heavy (non-hydrogen) atoms. The van der Waals surface area contributed by atoms with Gasteiger partial charge in [0.15, 0.2) is 0 Å². The van der Waals surface area contributed by atoms with E-state index < -0.39 is 0 Å². The van der Waals surface area contributed by atoms with Crippen LogP contribution in [0.25, 0.3) is 11.1 Å². The summed E-state index contributed by atoms with van der Waals surface area (Å²) in [6.07, 6.45) is 0. The van der Waals surface area contributed by atoms with Crippen LogP contribution in [0.2, 0.25) is 0 Å². The van der Waals surface area contributed by atoms with Crippen molar-refractivity contribution in [2.45, 2.75) is 6.54 Å². The summed E-state index contributed by atoms with van der Waals surface area (Å²) in [5.41, 5.74) is 3.23. The first-order chi connectivity index (χ1) is 8.15. The summed E-state index contributed by atoms with van der Waals surface area (Å²) in [6.45, 7) is 0.920. The fourth-order valence-electron chi connectivity index (χ4n) is 1.84. The van der Waals surface area contributed by atoms with Crippen molar-refractivity contribution >= 4 is 0 Å². The molecule has 0 fully saturated rings. The molecule has 2 aromatic rings. The Hall–Kier alpha value is -1.67. The van der Waals surface area contributed by atoms with Crippen LogP contribution in [0.15, 0.2) is 48.5 Å². The first kappa shape index (κ1) is 11.8. The maximum absolute atomic E-state index is 13.1. The largest absolute Gasteiger partial charge is 0.305 e. The molecule has 0 aromatic heterocycles. The standard InChI is InChI=1S/C15H16FN/c1-17(2)11-12-6-8-13(9-7-12)14-4-3-5-15(16)10-14/h3-10H,11H2,1-2H3. The Labute approximate surface area is 102 Å². The molecule has 0 radical (unpaired) electrons. The number of halogens is 1. The SMILES string of the molecule is CN(C)Cc1ccc(-c2cccc(F)c2)cc1. The van der Waals surface area contributed by atoms with E-state index in [1.165, 1.54) is 11.6 Å². The molecule has 0 aliphatic rings. The fourth-order valence-corrected chi connectivity index (χ4v) is 1.84. The van der Waals surface area contributed by atoms with Gasteiger partial charge in [0.1, 0.15) is 5.82 Å². The molecule has 0 aliphatic heterocycles. The van der Waals surface area contributed by atoms with E-state index in [9.17, 15) is 4.39 Å². The van der Waals surface area contributed by atoms with Crippen LogP contribution in [0.3, 0.4) is 0 Å². The number of rotatable bonds is 3. The molecular weight excluding hydrogens is 213 g/mol. The molecule has 0 N–H and O–H groups in total. The van der Waals surface area contributed by atoms with Crippen molar-refractivity contribution in [3.63, 3.8) is 0 Å². The van der Waals surface area contributed by atoms with E-state index in [2.05, 4.69) is 17.0 Å². The van der Waals surface area contributed by atoms with Crippen molar-refractivity contribution in [1.82, 2.24) is 4.90 Å². The van der Waals surface area contributed by atoms with Gasteiger partial charge in [0.2, 0.25) is 0 Å². The lowest BCUT2D eigenvalue weighted by molar-refractivity contribution is 0.402. The van der Waals surface area contributed by atoms with Crippen LogP contribution >= 0.6 is 0 Å². The number of benzene rings is 2. The highest BCUT2D eigenvalue weighted by molar-refractivity contribution is 5.63. The molecule has 0 bridgehead atoms. The van der Waals surface area contributed by atoms with Gasteiger partial charge in [-0.05, 0) is 42.9 Å². The van der Waals surface area contributed by atoms with Crippen molar-refractivity contribution in [2.75, 3.05) is 14.1 Å². The molecule has 1 nitrogen and oxygen atoms in total. The smallest absolute Gasteiger partial charge is 0.123 e. The second-order valence-corrected chi connectivity index (χ2v) is 4.45. The van der Waals surface area contributed by atoms with E-state index in [1.54, 1.807) is 12.1 Å². The van der Waals surface area contributed by atoms with Gasteiger partial charge in [-0.15, -0.1) is 0 Å². The van der Waals surface area contributed by atoms with Crippen LogP contribution in [-0.2, 0) is 6.54 Å². The number of hydrogen-bond donors (Lipinski definition) is 0. The second kappa shape index (κ2) is 5.11. The zero-order valence-corrected chi connectivity index (χ0v) is 10.2.